The second kappa shape index (κ2) is 11.9. The fourth-order valence-electron chi connectivity index (χ4n) is 3.44. The van der Waals surface area contributed by atoms with Crippen LogP contribution in [0.3, 0.4) is 0 Å². The van der Waals surface area contributed by atoms with Gasteiger partial charge in [0.15, 0.2) is 0 Å². The van der Waals surface area contributed by atoms with Crippen LogP contribution in [0.4, 0.5) is 13.2 Å². The number of rotatable bonds is 6. The monoisotopic (exact) mass is 512 g/mol. The normalized spacial score (nSPS) is 10.6. The van der Waals surface area contributed by atoms with Gasteiger partial charge in [0.1, 0.15) is 23.2 Å². The van der Waals surface area contributed by atoms with Gasteiger partial charge in [-0.2, -0.15) is 13.2 Å². The van der Waals surface area contributed by atoms with Crippen LogP contribution in [0.5, 0.6) is 17.2 Å². The van der Waals surface area contributed by atoms with E-state index in [4.69, 9.17) is 28.5 Å². The maximum Gasteiger partial charge on any atom is 0.430 e. The highest BCUT2D eigenvalue weighted by atomic mass is 19.4. The Morgan fingerprint density at radius 1 is 0.676 bits per heavy atom. The average molecular weight is 512 g/mol. The van der Waals surface area contributed by atoms with Gasteiger partial charge in [-0.3, -0.25) is 0 Å². The Labute approximate surface area is 211 Å². The molecule has 6 nitrogen and oxygen atoms in total. The third kappa shape index (κ3) is 6.78. The minimum atomic E-state index is -5.19. The number of carboxylic acid groups (broad SMARTS) is 1. The van der Waals surface area contributed by atoms with Crippen molar-refractivity contribution in [2.45, 2.75) is 6.18 Å². The van der Waals surface area contributed by atoms with Crippen molar-refractivity contribution in [2.24, 2.45) is 0 Å². The molecule has 0 N–H and O–H groups in total. The Kier molecular flexibility index (Phi) is 8.73. The molecule has 0 unspecified atom stereocenters. The first-order valence-corrected chi connectivity index (χ1v) is 10.8. The van der Waals surface area contributed by atoms with E-state index in [0.717, 1.165) is 50.8 Å². The third-order valence-corrected chi connectivity index (χ3v) is 5.28. The SMILES string of the molecule is COc1ccc(-c2cc[o+]c(-c3ccc(OC)cc3)c2-c2ccc(OC)cc2)cc1.O=C([O-])C(F)(F)F. The van der Waals surface area contributed by atoms with E-state index >= 15 is 0 Å². The maximum atomic E-state index is 10.5. The summed E-state index contributed by atoms with van der Waals surface area (Å²) in [5.41, 5.74) is 5.16. The van der Waals surface area contributed by atoms with E-state index in [1.807, 2.05) is 66.7 Å². The quantitative estimate of drug-likeness (QED) is 0.300. The van der Waals surface area contributed by atoms with E-state index in [1.165, 1.54) is 0 Å². The maximum absolute atomic E-state index is 10.5. The van der Waals surface area contributed by atoms with Crippen molar-refractivity contribution in [1.29, 1.82) is 0 Å². The van der Waals surface area contributed by atoms with E-state index in [0.29, 0.717) is 0 Å². The van der Waals surface area contributed by atoms with Crippen LogP contribution in [0, 0.1) is 0 Å². The first-order chi connectivity index (χ1) is 17.7. The number of carbonyl (C=O) groups is 1. The Hall–Kier alpha value is -4.53. The highest BCUT2D eigenvalue weighted by Crippen LogP contribution is 2.41. The van der Waals surface area contributed by atoms with Gasteiger partial charge in [-0.15, -0.1) is 0 Å². The van der Waals surface area contributed by atoms with E-state index in [2.05, 4.69) is 12.1 Å². The van der Waals surface area contributed by atoms with Crippen LogP contribution >= 0.6 is 0 Å². The second-order valence-electron chi connectivity index (χ2n) is 7.51. The van der Waals surface area contributed by atoms with Crippen LogP contribution in [0.15, 0.2) is 89.5 Å². The number of benzene rings is 3. The van der Waals surface area contributed by atoms with Gasteiger partial charge in [0.25, 0.3) is 0 Å². The molecule has 3 aromatic carbocycles. The predicted octanol–water partition coefficient (Wildman–Crippen LogP) is 5.89. The van der Waals surface area contributed by atoms with Crippen molar-refractivity contribution in [3.8, 4) is 50.8 Å². The molecule has 0 bridgehead atoms. The summed E-state index contributed by atoms with van der Waals surface area (Å²) < 4.78 is 53.5. The molecule has 0 aliphatic carbocycles. The van der Waals surface area contributed by atoms with Crippen LogP contribution in [0.25, 0.3) is 33.6 Å². The second-order valence-corrected chi connectivity index (χ2v) is 7.51. The van der Waals surface area contributed by atoms with Crippen molar-refractivity contribution < 1.29 is 41.7 Å². The molecule has 4 rings (SSSR count). The van der Waals surface area contributed by atoms with Crippen LogP contribution in [0.1, 0.15) is 0 Å². The number of alkyl halides is 3. The summed E-state index contributed by atoms with van der Waals surface area (Å²) in [6, 6.07) is 25.9. The molecule has 9 heteroatoms. The van der Waals surface area contributed by atoms with Crippen molar-refractivity contribution in [3.05, 3.63) is 85.1 Å². The molecule has 1 aromatic heterocycles. The van der Waals surface area contributed by atoms with Crippen molar-refractivity contribution in [2.75, 3.05) is 21.3 Å². The molecule has 0 fully saturated rings. The summed E-state index contributed by atoms with van der Waals surface area (Å²) in [6.07, 6.45) is -3.47. The van der Waals surface area contributed by atoms with Gasteiger partial charge in [-0.05, 0) is 59.7 Å². The van der Waals surface area contributed by atoms with Gasteiger partial charge in [-0.1, -0.05) is 24.3 Å². The molecule has 37 heavy (non-hydrogen) atoms. The van der Waals surface area contributed by atoms with Crippen molar-refractivity contribution >= 4 is 5.97 Å². The number of carbonyl (C=O) groups excluding carboxylic acids is 1. The van der Waals surface area contributed by atoms with E-state index in [-0.39, 0.29) is 0 Å². The molecule has 0 spiro atoms. The van der Waals surface area contributed by atoms with E-state index in [1.54, 1.807) is 27.6 Å². The Morgan fingerprint density at radius 2 is 1.05 bits per heavy atom. The number of hydrogen-bond acceptors (Lipinski definition) is 5. The zero-order chi connectivity index (χ0) is 27.0. The number of ether oxygens (including phenoxy) is 3. The highest BCUT2D eigenvalue weighted by molar-refractivity contribution is 5.92. The van der Waals surface area contributed by atoms with Gasteiger partial charge in [0, 0.05) is 11.6 Å². The first kappa shape index (κ1) is 27.1. The molecular weight excluding hydrogens is 489 g/mol. The van der Waals surface area contributed by atoms with E-state index in [9.17, 15) is 13.2 Å². The zero-order valence-electron chi connectivity index (χ0n) is 20.2. The molecule has 0 atom stereocenters. The van der Waals surface area contributed by atoms with Crippen LogP contribution in [0.2, 0.25) is 0 Å². The Bertz CT molecular complexity index is 1250. The van der Waals surface area contributed by atoms with Gasteiger partial charge < -0.3 is 24.1 Å². The summed E-state index contributed by atoms with van der Waals surface area (Å²) >= 11 is 0. The number of halogens is 3. The van der Waals surface area contributed by atoms with Gasteiger partial charge >= 0.3 is 18.2 Å². The molecule has 0 saturated carbocycles. The Morgan fingerprint density at radius 3 is 1.43 bits per heavy atom. The molecule has 4 aromatic rings. The van der Waals surface area contributed by atoms with E-state index < -0.39 is 12.1 Å². The molecule has 0 aliphatic heterocycles. The lowest BCUT2D eigenvalue weighted by atomic mass is 9.92. The molecule has 1 heterocycles. The predicted molar refractivity (Wildman–Crippen MR) is 130 cm³/mol. The van der Waals surface area contributed by atoms with Gasteiger partial charge in [-0.25, -0.2) is 4.42 Å². The minimum Gasteiger partial charge on any atom is -0.542 e. The molecule has 0 saturated heterocycles. The molecule has 192 valence electrons. The topological polar surface area (TPSA) is 79.1 Å². The lowest BCUT2D eigenvalue weighted by Crippen LogP contribution is -2.37. The first-order valence-electron chi connectivity index (χ1n) is 10.8. The summed E-state index contributed by atoms with van der Waals surface area (Å²) in [6.45, 7) is 0. The van der Waals surface area contributed by atoms with Crippen LogP contribution in [-0.4, -0.2) is 33.5 Å². The Balaban J connectivity index is 0.000000479. The largest absolute Gasteiger partial charge is 0.542 e. The highest BCUT2D eigenvalue weighted by Gasteiger charge is 2.29. The molecular formula is C28H23F3O6. The average Bonchev–Trinajstić information content (AvgIpc) is 2.92. The fraction of sp³-hybridized carbons (Fsp3) is 0.143. The fourth-order valence-corrected chi connectivity index (χ4v) is 3.44. The summed E-state index contributed by atoms with van der Waals surface area (Å²) in [4.78, 5) is 8.78. The smallest absolute Gasteiger partial charge is 0.430 e. The minimum absolute atomic E-state index is 0.788. The standard InChI is InChI=1S/C26H23O4.C2HF3O2/c1-27-21-10-4-18(5-11-21)24-16-17-30-26(20-8-14-23(29-3)15-9-20)25(24)19-6-12-22(28-2)13-7-19;3-2(4,5)1(6)7/h4-17H,1-3H3;(H,6,7)/q+1;/p-1. The number of carboxylic acids is 1. The number of aliphatic carboxylic acids is 1. The van der Waals surface area contributed by atoms with Crippen LogP contribution in [-0.2, 0) is 4.79 Å². The lowest BCUT2D eigenvalue weighted by Gasteiger charge is -2.10. The number of methoxy groups -OCH3 is 3. The summed E-state index contributed by atoms with van der Waals surface area (Å²) in [7, 11) is 4.99. The summed E-state index contributed by atoms with van der Waals surface area (Å²) in [5.74, 6) is 0.212. The number of hydrogen-bond donors (Lipinski definition) is 0. The molecule has 0 aliphatic rings. The lowest BCUT2D eigenvalue weighted by molar-refractivity contribution is -0.344. The third-order valence-electron chi connectivity index (χ3n) is 5.28. The van der Waals surface area contributed by atoms with Crippen molar-refractivity contribution in [1.82, 2.24) is 0 Å². The van der Waals surface area contributed by atoms with Gasteiger partial charge in [0.2, 0.25) is 0 Å². The zero-order valence-corrected chi connectivity index (χ0v) is 20.2. The van der Waals surface area contributed by atoms with Gasteiger partial charge in [0.05, 0.1) is 32.5 Å². The van der Waals surface area contributed by atoms with Crippen molar-refractivity contribution in [3.63, 3.8) is 0 Å². The summed E-state index contributed by atoms with van der Waals surface area (Å²) in [5, 5.41) is 8.78. The van der Waals surface area contributed by atoms with Crippen LogP contribution < -0.4 is 19.3 Å². The molecule has 0 amide bonds. The molecule has 0 radical (unpaired) electrons.